The van der Waals surface area contributed by atoms with Crippen LogP contribution < -0.4 is 5.32 Å². The normalized spacial score (nSPS) is 11.2. The van der Waals surface area contributed by atoms with Crippen LogP contribution in [0.2, 0.25) is 5.02 Å². The van der Waals surface area contributed by atoms with Crippen molar-refractivity contribution in [3.05, 3.63) is 16.4 Å². The Morgan fingerprint density at radius 1 is 0.828 bits per heavy atom. The van der Waals surface area contributed by atoms with Gasteiger partial charge in [0.1, 0.15) is 5.69 Å². The van der Waals surface area contributed by atoms with Gasteiger partial charge in [0.25, 0.3) is 5.91 Å². The van der Waals surface area contributed by atoms with Crippen molar-refractivity contribution in [3.63, 3.8) is 0 Å². The van der Waals surface area contributed by atoms with Crippen LogP contribution in [-0.2, 0) is 7.05 Å². The second-order valence-electron chi connectivity index (χ2n) is 8.43. The molecule has 1 aromatic rings. The van der Waals surface area contributed by atoms with Crippen LogP contribution >= 0.6 is 11.6 Å². The first-order valence-corrected chi connectivity index (χ1v) is 12.4. The molecule has 0 unspecified atom stereocenters. The highest BCUT2D eigenvalue weighted by molar-refractivity contribution is 6.34. The molecule has 0 aliphatic rings. The quantitative estimate of drug-likeness (QED) is 0.249. The van der Waals surface area contributed by atoms with Gasteiger partial charge < -0.3 is 5.32 Å². The number of carbonyl (C=O) groups excluding carboxylic acids is 1. The van der Waals surface area contributed by atoms with Gasteiger partial charge in [-0.15, -0.1) is 0 Å². The average molecular weight is 426 g/mol. The number of rotatable bonds is 18. The zero-order valence-corrected chi connectivity index (χ0v) is 20.0. The molecule has 1 N–H and O–H groups in total. The first-order valence-electron chi connectivity index (χ1n) is 12.0. The van der Waals surface area contributed by atoms with Gasteiger partial charge >= 0.3 is 0 Å². The standard InChI is InChI=1S/C24H44ClN3O/c1-4-5-6-7-8-9-10-11-12-13-14-15-16-17-18-19-20-26-24(29)23-22(25)21(2)27-28(23)3/h4-20H2,1-3H3,(H,26,29). The van der Waals surface area contributed by atoms with Crippen LogP contribution in [0.25, 0.3) is 0 Å². The van der Waals surface area contributed by atoms with Gasteiger partial charge in [-0.3, -0.25) is 9.48 Å². The Kier molecular flexibility index (Phi) is 15.0. The zero-order chi connectivity index (χ0) is 21.3. The summed E-state index contributed by atoms with van der Waals surface area (Å²) in [6.07, 6.45) is 21.7. The van der Waals surface area contributed by atoms with Gasteiger partial charge in [-0.05, 0) is 13.3 Å². The van der Waals surface area contributed by atoms with E-state index >= 15 is 0 Å². The summed E-state index contributed by atoms with van der Waals surface area (Å²) in [6, 6.07) is 0. The molecule has 0 radical (unpaired) electrons. The molecule has 1 rings (SSSR count). The lowest BCUT2D eigenvalue weighted by atomic mass is 10.0. The molecule has 29 heavy (non-hydrogen) atoms. The molecule has 4 nitrogen and oxygen atoms in total. The number of aryl methyl sites for hydroxylation is 2. The van der Waals surface area contributed by atoms with Crippen molar-refractivity contribution in [2.24, 2.45) is 7.05 Å². The number of amides is 1. The highest BCUT2D eigenvalue weighted by atomic mass is 35.5. The molecular weight excluding hydrogens is 382 g/mol. The van der Waals surface area contributed by atoms with Crippen LogP contribution in [0.4, 0.5) is 0 Å². The zero-order valence-electron chi connectivity index (χ0n) is 19.2. The molecule has 0 bridgehead atoms. The van der Waals surface area contributed by atoms with E-state index in [2.05, 4.69) is 17.3 Å². The van der Waals surface area contributed by atoms with Gasteiger partial charge in [0.2, 0.25) is 0 Å². The molecular formula is C24H44ClN3O. The van der Waals surface area contributed by atoms with Crippen molar-refractivity contribution < 1.29 is 4.79 Å². The van der Waals surface area contributed by atoms with Crippen molar-refractivity contribution in [3.8, 4) is 0 Å². The van der Waals surface area contributed by atoms with E-state index in [9.17, 15) is 4.79 Å². The summed E-state index contributed by atoms with van der Waals surface area (Å²) >= 11 is 6.15. The fourth-order valence-electron chi connectivity index (χ4n) is 3.84. The van der Waals surface area contributed by atoms with E-state index in [1.807, 2.05) is 6.92 Å². The van der Waals surface area contributed by atoms with E-state index in [1.165, 1.54) is 96.3 Å². The Morgan fingerprint density at radius 3 is 1.62 bits per heavy atom. The summed E-state index contributed by atoms with van der Waals surface area (Å²) in [7, 11) is 1.75. The van der Waals surface area contributed by atoms with E-state index in [0.29, 0.717) is 23.0 Å². The fourth-order valence-corrected chi connectivity index (χ4v) is 4.08. The number of hydrogen-bond acceptors (Lipinski definition) is 2. The molecule has 0 fully saturated rings. The minimum absolute atomic E-state index is 0.126. The summed E-state index contributed by atoms with van der Waals surface area (Å²) in [5.41, 5.74) is 1.15. The summed E-state index contributed by atoms with van der Waals surface area (Å²) < 4.78 is 1.56. The number of nitrogens with zero attached hydrogens (tertiary/aromatic N) is 2. The van der Waals surface area contributed by atoms with Gasteiger partial charge in [0, 0.05) is 13.6 Å². The van der Waals surface area contributed by atoms with E-state index in [4.69, 9.17) is 11.6 Å². The van der Waals surface area contributed by atoms with Gasteiger partial charge in [-0.2, -0.15) is 5.10 Å². The molecule has 1 aromatic heterocycles. The molecule has 1 heterocycles. The van der Waals surface area contributed by atoms with Crippen molar-refractivity contribution in [2.75, 3.05) is 6.54 Å². The van der Waals surface area contributed by atoms with E-state index < -0.39 is 0 Å². The second kappa shape index (κ2) is 16.7. The van der Waals surface area contributed by atoms with Crippen molar-refractivity contribution in [2.45, 2.75) is 117 Å². The van der Waals surface area contributed by atoms with Crippen molar-refractivity contribution in [1.82, 2.24) is 15.1 Å². The number of hydrogen-bond donors (Lipinski definition) is 1. The Balaban J connectivity index is 1.85. The Bertz CT molecular complexity index is 557. The molecule has 168 valence electrons. The van der Waals surface area contributed by atoms with Gasteiger partial charge in [-0.25, -0.2) is 0 Å². The molecule has 0 spiro atoms. The predicted octanol–water partition coefficient (Wildman–Crippen LogP) is 7.37. The molecule has 1 amide bonds. The maximum absolute atomic E-state index is 12.2. The third kappa shape index (κ3) is 11.7. The Labute approximate surface area is 184 Å². The molecule has 0 aromatic carbocycles. The summed E-state index contributed by atoms with van der Waals surface area (Å²) in [5.74, 6) is -0.126. The average Bonchev–Trinajstić information content (AvgIpc) is 2.95. The number of nitrogens with one attached hydrogen (secondary N) is 1. The Hall–Kier alpha value is -1.03. The van der Waals surface area contributed by atoms with Crippen molar-refractivity contribution in [1.29, 1.82) is 0 Å². The van der Waals surface area contributed by atoms with Gasteiger partial charge in [0.15, 0.2) is 0 Å². The predicted molar refractivity (Wildman–Crippen MR) is 125 cm³/mol. The van der Waals surface area contributed by atoms with Gasteiger partial charge in [0.05, 0.1) is 10.7 Å². The summed E-state index contributed by atoms with van der Waals surface area (Å²) in [4.78, 5) is 12.2. The van der Waals surface area contributed by atoms with E-state index in [0.717, 1.165) is 6.42 Å². The third-order valence-electron chi connectivity index (χ3n) is 5.68. The highest BCUT2D eigenvalue weighted by Gasteiger charge is 2.17. The molecule has 0 saturated carbocycles. The Morgan fingerprint density at radius 2 is 1.24 bits per heavy atom. The van der Waals surface area contributed by atoms with Crippen LogP contribution in [0, 0.1) is 6.92 Å². The largest absolute Gasteiger partial charge is 0.351 e. The maximum atomic E-state index is 12.2. The minimum Gasteiger partial charge on any atom is -0.351 e. The van der Waals surface area contributed by atoms with Crippen LogP contribution in [0.1, 0.15) is 126 Å². The second-order valence-corrected chi connectivity index (χ2v) is 8.81. The molecule has 0 atom stereocenters. The molecule has 0 aliphatic heterocycles. The van der Waals surface area contributed by atoms with Crippen LogP contribution in [0.15, 0.2) is 0 Å². The smallest absolute Gasteiger partial charge is 0.271 e. The summed E-state index contributed by atoms with van der Waals surface area (Å²) in [6.45, 7) is 4.80. The van der Waals surface area contributed by atoms with Gasteiger partial charge in [-0.1, -0.05) is 115 Å². The molecule has 0 saturated heterocycles. The molecule has 5 heteroatoms. The van der Waals surface area contributed by atoms with Crippen LogP contribution in [0.3, 0.4) is 0 Å². The topological polar surface area (TPSA) is 46.9 Å². The fraction of sp³-hybridized carbons (Fsp3) is 0.833. The van der Waals surface area contributed by atoms with E-state index in [1.54, 1.807) is 11.7 Å². The lowest BCUT2D eigenvalue weighted by molar-refractivity contribution is 0.0943. The number of unbranched alkanes of at least 4 members (excludes halogenated alkanes) is 15. The summed E-state index contributed by atoms with van der Waals surface area (Å²) in [5, 5.41) is 7.60. The number of aromatic nitrogens is 2. The lowest BCUT2D eigenvalue weighted by Gasteiger charge is -2.06. The van der Waals surface area contributed by atoms with Crippen LogP contribution in [0.5, 0.6) is 0 Å². The van der Waals surface area contributed by atoms with Crippen molar-refractivity contribution >= 4 is 17.5 Å². The highest BCUT2D eigenvalue weighted by Crippen LogP contribution is 2.19. The number of carbonyl (C=O) groups is 1. The first kappa shape index (κ1) is 26.0. The third-order valence-corrected chi connectivity index (χ3v) is 6.13. The SMILES string of the molecule is CCCCCCCCCCCCCCCCCCNC(=O)c1c(Cl)c(C)nn1C. The minimum atomic E-state index is -0.126. The van der Waals surface area contributed by atoms with E-state index in [-0.39, 0.29) is 5.91 Å². The number of halogens is 1. The lowest BCUT2D eigenvalue weighted by Crippen LogP contribution is -2.26. The monoisotopic (exact) mass is 425 g/mol. The van der Waals surface area contributed by atoms with Crippen LogP contribution in [-0.4, -0.2) is 22.2 Å². The first-order chi connectivity index (χ1) is 14.1. The molecule has 0 aliphatic carbocycles. The maximum Gasteiger partial charge on any atom is 0.271 e.